The summed E-state index contributed by atoms with van der Waals surface area (Å²) >= 11 is 0. The van der Waals surface area contributed by atoms with Crippen LogP contribution < -0.4 is 9.64 Å². The average molecular weight is 501 g/mol. The van der Waals surface area contributed by atoms with Gasteiger partial charge in [0.25, 0.3) is 11.8 Å². The van der Waals surface area contributed by atoms with Crippen LogP contribution >= 0.6 is 0 Å². The van der Waals surface area contributed by atoms with Crippen molar-refractivity contribution in [2.75, 3.05) is 25.2 Å². The van der Waals surface area contributed by atoms with Crippen LogP contribution in [-0.2, 0) is 9.47 Å². The van der Waals surface area contributed by atoms with E-state index in [1.54, 1.807) is 24.3 Å². The minimum Gasteiger partial charge on any atom is -0.497 e. The molecule has 9 nitrogen and oxygen atoms in total. The van der Waals surface area contributed by atoms with Crippen LogP contribution in [0.3, 0.4) is 0 Å². The van der Waals surface area contributed by atoms with E-state index in [4.69, 9.17) is 14.2 Å². The molecule has 9 heteroatoms. The molecular weight excluding hydrogens is 478 g/mol. The molecule has 0 saturated carbocycles. The van der Waals surface area contributed by atoms with Crippen molar-refractivity contribution in [2.24, 2.45) is 0 Å². The molecule has 2 amide bonds. The van der Waals surface area contributed by atoms with Gasteiger partial charge < -0.3 is 14.2 Å². The SMILES string of the molecule is CCCOC(=O)c1ccc(N2C(=O)c3ccc(C(=O)OCC(=O)c4ccc(OC)cc4)cc3C2=O)cc1. The highest BCUT2D eigenvalue weighted by Gasteiger charge is 2.37. The molecule has 0 N–H and O–H groups in total. The Balaban J connectivity index is 1.45. The van der Waals surface area contributed by atoms with Crippen molar-refractivity contribution >= 4 is 35.2 Å². The number of ether oxygens (including phenoxy) is 3. The first kappa shape index (κ1) is 25.3. The Morgan fingerprint density at radius 2 is 1.32 bits per heavy atom. The van der Waals surface area contributed by atoms with Gasteiger partial charge in [-0.3, -0.25) is 14.4 Å². The third-order valence-electron chi connectivity index (χ3n) is 5.67. The number of methoxy groups -OCH3 is 1. The summed E-state index contributed by atoms with van der Waals surface area (Å²) in [6.07, 6.45) is 0.688. The number of carbonyl (C=O) groups excluding carboxylic acids is 5. The predicted molar refractivity (Wildman–Crippen MR) is 132 cm³/mol. The van der Waals surface area contributed by atoms with E-state index in [-0.39, 0.29) is 22.4 Å². The second kappa shape index (κ2) is 10.9. The molecule has 0 spiro atoms. The highest BCUT2D eigenvalue weighted by atomic mass is 16.5. The molecule has 0 fully saturated rings. The van der Waals surface area contributed by atoms with E-state index in [1.807, 2.05) is 6.92 Å². The zero-order valence-corrected chi connectivity index (χ0v) is 20.2. The largest absolute Gasteiger partial charge is 0.497 e. The lowest BCUT2D eigenvalue weighted by molar-refractivity contribution is 0.0474. The Labute approximate surface area is 212 Å². The molecule has 0 radical (unpaired) electrons. The van der Waals surface area contributed by atoms with Crippen LogP contribution in [0, 0.1) is 0 Å². The number of nitrogens with zero attached hydrogens (tertiary/aromatic N) is 1. The summed E-state index contributed by atoms with van der Waals surface area (Å²) in [5.41, 5.74) is 1.10. The number of hydrogen-bond donors (Lipinski definition) is 0. The zero-order valence-electron chi connectivity index (χ0n) is 20.2. The summed E-state index contributed by atoms with van der Waals surface area (Å²) in [5, 5.41) is 0. The van der Waals surface area contributed by atoms with E-state index in [9.17, 15) is 24.0 Å². The average Bonchev–Trinajstić information content (AvgIpc) is 3.19. The molecule has 0 bridgehead atoms. The lowest BCUT2D eigenvalue weighted by atomic mass is 10.1. The van der Waals surface area contributed by atoms with E-state index < -0.39 is 36.1 Å². The maximum Gasteiger partial charge on any atom is 0.338 e. The van der Waals surface area contributed by atoms with E-state index in [0.717, 1.165) is 4.90 Å². The molecular formula is C28H23NO8. The number of hydrogen-bond acceptors (Lipinski definition) is 8. The summed E-state index contributed by atoms with van der Waals surface area (Å²) in [6, 6.07) is 16.3. The van der Waals surface area contributed by atoms with Crippen molar-refractivity contribution in [1.82, 2.24) is 0 Å². The number of rotatable bonds is 9. The monoisotopic (exact) mass is 501 g/mol. The summed E-state index contributed by atoms with van der Waals surface area (Å²) in [5.74, 6) is -2.30. The van der Waals surface area contributed by atoms with Gasteiger partial charge in [0.05, 0.1) is 41.7 Å². The van der Waals surface area contributed by atoms with Gasteiger partial charge in [-0.15, -0.1) is 0 Å². The van der Waals surface area contributed by atoms with E-state index in [0.29, 0.717) is 29.9 Å². The maximum absolute atomic E-state index is 13.0. The van der Waals surface area contributed by atoms with Crippen LogP contribution in [0.1, 0.15) is 65.1 Å². The van der Waals surface area contributed by atoms with Gasteiger partial charge in [-0.05, 0) is 73.2 Å². The molecule has 0 aromatic heterocycles. The molecule has 3 aromatic rings. The highest BCUT2D eigenvalue weighted by molar-refractivity contribution is 6.34. The first-order chi connectivity index (χ1) is 17.8. The number of benzene rings is 3. The number of anilines is 1. The van der Waals surface area contributed by atoms with Gasteiger partial charge in [0.2, 0.25) is 0 Å². The second-order valence-electron chi connectivity index (χ2n) is 8.12. The van der Waals surface area contributed by atoms with Crippen LogP contribution in [0.25, 0.3) is 0 Å². The van der Waals surface area contributed by atoms with E-state index >= 15 is 0 Å². The molecule has 0 unspecified atom stereocenters. The molecule has 1 heterocycles. The van der Waals surface area contributed by atoms with Gasteiger partial charge in [0, 0.05) is 5.56 Å². The number of carbonyl (C=O) groups is 5. The van der Waals surface area contributed by atoms with Crippen molar-refractivity contribution in [2.45, 2.75) is 13.3 Å². The minimum atomic E-state index is -0.807. The van der Waals surface area contributed by atoms with Crippen LogP contribution in [-0.4, -0.2) is 49.9 Å². The zero-order chi connectivity index (χ0) is 26.5. The third kappa shape index (κ3) is 5.25. The first-order valence-electron chi connectivity index (χ1n) is 11.5. The van der Waals surface area contributed by atoms with Crippen molar-refractivity contribution in [1.29, 1.82) is 0 Å². The number of esters is 2. The number of ketones is 1. The van der Waals surface area contributed by atoms with Gasteiger partial charge >= 0.3 is 11.9 Å². The number of imide groups is 1. The van der Waals surface area contributed by atoms with Crippen molar-refractivity contribution < 1.29 is 38.2 Å². The molecule has 1 aliphatic heterocycles. The summed E-state index contributed by atoms with van der Waals surface area (Å²) in [6.45, 7) is 1.68. The Morgan fingerprint density at radius 1 is 0.730 bits per heavy atom. The quantitative estimate of drug-likeness (QED) is 0.244. The summed E-state index contributed by atoms with van der Waals surface area (Å²) < 4.78 is 15.3. The van der Waals surface area contributed by atoms with Crippen LogP contribution in [0.5, 0.6) is 5.75 Å². The Kier molecular flexibility index (Phi) is 7.43. The van der Waals surface area contributed by atoms with Crippen molar-refractivity contribution in [3.8, 4) is 5.75 Å². The van der Waals surface area contributed by atoms with E-state index in [1.165, 1.54) is 49.6 Å². The lowest BCUT2D eigenvalue weighted by Gasteiger charge is -2.14. The predicted octanol–water partition coefficient (Wildman–Crippen LogP) is 4.10. The Morgan fingerprint density at radius 3 is 1.97 bits per heavy atom. The highest BCUT2D eigenvalue weighted by Crippen LogP contribution is 2.29. The van der Waals surface area contributed by atoms with Crippen LogP contribution in [0.15, 0.2) is 66.7 Å². The van der Waals surface area contributed by atoms with Crippen molar-refractivity contribution in [3.63, 3.8) is 0 Å². The smallest absolute Gasteiger partial charge is 0.338 e. The molecule has 3 aromatic carbocycles. The fourth-order valence-corrected chi connectivity index (χ4v) is 3.70. The van der Waals surface area contributed by atoms with E-state index in [2.05, 4.69) is 0 Å². The minimum absolute atomic E-state index is 0.0262. The Hall–Kier alpha value is -4.79. The topological polar surface area (TPSA) is 116 Å². The van der Waals surface area contributed by atoms with Gasteiger partial charge in [-0.1, -0.05) is 6.92 Å². The van der Waals surface area contributed by atoms with Gasteiger partial charge in [-0.25, -0.2) is 14.5 Å². The van der Waals surface area contributed by atoms with Gasteiger partial charge in [-0.2, -0.15) is 0 Å². The van der Waals surface area contributed by atoms with Gasteiger partial charge in [0.15, 0.2) is 12.4 Å². The number of fused-ring (bicyclic) bond motifs is 1. The lowest BCUT2D eigenvalue weighted by Crippen LogP contribution is -2.29. The molecule has 0 atom stereocenters. The fraction of sp³-hybridized carbons (Fsp3) is 0.179. The summed E-state index contributed by atoms with van der Waals surface area (Å²) in [7, 11) is 1.51. The second-order valence-corrected chi connectivity index (χ2v) is 8.12. The third-order valence-corrected chi connectivity index (χ3v) is 5.67. The summed E-state index contributed by atoms with van der Waals surface area (Å²) in [4.78, 5) is 63.8. The molecule has 1 aliphatic rings. The molecule has 188 valence electrons. The molecule has 4 rings (SSSR count). The number of amides is 2. The van der Waals surface area contributed by atoms with Gasteiger partial charge in [0.1, 0.15) is 5.75 Å². The first-order valence-corrected chi connectivity index (χ1v) is 11.5. The fourth-order valence-electron chi connectivity index (χ4n) is 3.70. The Bertz CT molecular complexity index is 1380. The maximum atomic E-state index is 13.0. The normalized spacial score (nSPS) is 12.2. The van der Waals surface area contributed by atoms with Crippen LogP contribution in [0.2, 0.25) is 0 Å². The molecule has 0 saturated heterocycles. The van der Waals surface area contributed by atoms with Crippen molar-refractivity contribution in [3.05, 3.63) is 94.5 Å². The standard InChI is InChI=1S/C28H23NO8/c1-3-14-36-27(33)18-4-9-20(10-5-18)29-25(31)22-13-8-19(15-23(22)26(29)32)28(34)37-16-24(30)17-6-11-21(35-2)12-7-17/h4-13,15H,3,14,16H2,1-2H3. The number of Topliss-reactive ketones (excluding diaryl/α,β-unsaturated/α-hetero) is 1. The van der Waals surface area contributed by atoms with Crippen LogP contribution in [0.4, 0.5) is 5.69 Å². The molecule has 0 aliphatic carbocycles. The molecule has 37 heavy (non-hydrogen) atoms.